The standard InChI is InChI=1S/C29H39N3O4/c1-5-22-12-9-10-16-26(22)35-17-11-13-23-18-25(36-24-14-7-6-8-15-24)19-32(23)29(34)27(20(2)3)31-28(33)21(4)30/h6-16,20-21,23,25,27H,5,17-19,30H2,1-4H3,(H,31,33)/b13-11+/t21-,23+,25-,27?/m0/s1. The third-order valence-corrected chi connectivity index (χ3v) is 6.32. The van der Waals surface area contributed by atoms with Crippen molar-refractivity contribution < 1.29 is 19.1 Å². The van der Waals surface area contributed by atoms with Gasteiger partial charge in [-0.15, -0.1) is 0 Å². The van der Waals surface area contributed by atoms with Crippen LogP contribution in [0.2, 0.25) is 0 Å². The molecule has 2 aromatic rings. The number of nitrogens with two attached hydrogens (primary N) is 1. The highest BCUT2D eigenvalue weighted by Gasteiger charge is 2.39. The summed E-state index contributed by atoms with van der Waals surface area (Å²) in [7, 11) is 0. The average Bonchev–Trinajstić information content (AvgIpc) is 3.27. The van der Waals surface area contributed by atoms with E-state index in [9.17, 15) is 9.59 Å². The molecule has 0 spiro atoms. The summed E-state index contributed by atoms with van der Waals surface area (Å²) in [6.07, 6.45) is 5.34. The van der Waals surface area contributed by atoms with E-state index in [1.54, 1.807) is 11.8 Å². The predicted molar refractivity (Wildman–Crippen MR) is 142 cm³/mol. The molecule has 3 N–H and O–H groups in total. The van der Waals surface area contributed by atoms with Crippen molar-refractivity contribution in [3.63, 3.8) is 0 Å². The van der Waals surface area contributed by atoms with Crippen LogP contribution in [0, 0.1) is 5.92 Å². The molecule has 1 saturated heterocycles. The van der Waals surface area contributed by atoms with Crippen molar-refractivity contribution in [2.45, 2.75) is 64.8 Å². The van der Waals surface area contributed by atoms with Gasteiger partial charge in [-0.1, -0.05) is 63.2 Å². The predicted octanol–water partition coefficient (Wildman–Crippen LogP) is 3.72. The van der Waals surface area contributed by atoms with Gasteiger partial charge in [-0.3, -0.25) is 9.59 Å². The molecule has 3 rings (SSSR count). The molecule has 7 nitrogen and oxygen atoms in total. The highest BCUT2D eigenvalue weighted by atomic mass is 16.5. The fourth-order valence-corrected chi connectivity index (χ4v) is 4.30. The zero-order chi connectivity index (χ0) is 26.1. The molecule has 1 heterocycles. The maximum absolute atomic E-state index is 13.6. The van der Waals surface area contributed by atoms with Gasteiger partial charge in [0.15, 0.2) is 0 Å². The monoisotopic (exact) mass is 493 g/mol. The molecule has 0 bridgehead atoms. The first-order chi connectivity index (χ1) is 17.3. The molecule has 36 heavy (non-hydrogen) atoms. The van der Waals surface area contributed by atoms with Crippen molar-refractivity contribution in [3.8, 4) is 11.5 Å². The van der Waals surface area contributed by atoms with Crippen LogP contribution in [0.5, 0.6) is 11.5 Å². The molecular weight excluding hydrogens is 454 g/mol. The molecular formula is C29H39N3O4. The van der Waals surface area contributed by atoms with Gasteiger partial charge in [0.1, 0.15) is 30.3 Å². The SMILES string of the molecule is CCc1ccccc1OC/C=C/[C@@H]1C[C@H](Oc2ccccc2)CN1C(=O)C(NC(=O)[C@H](C)N)C(C)C. The van der Waals surface area contributed by atoms with Crippen LogP contribution in [0.4, 0.5) is 0 Å². The number of para-hydroxylation sites is 2. The fraction of sp³-hybridized carbons (Fsp3) is 0.448. The lowest BCUT2D eigenvalue weighted by Gasteiger charge is -2.30. The van der Waals surface area contributed by atoms with Crippen molar-refractivity contribution in [2.75, 3.05) is 13.2 Å². The van der Waals surface area contributed by atoms with Crippen LogP contribution in [-0.2, 0) is 16.0 Å². The Morgan fingerprint density at radius 1 is 1.11 bits per heavy atom. The molecule has 1 unspecified atom stereocenters. The van der Waals surface area contributed by atoms with Crippen molar-refractivity contribution >= 4 is 11.8 Å². The minimum Gasteiger partial charge on any atom is -0.489 e. The number of amides is 2. The lowest BCUT2D eigenvalue weighted by Crippen LogP contribution is -2.55. The van der Waals surface area contributed by atoms with Crippen LogP contribution in [0.3, 0.4) is 0 Å². The number of hydrogen-bond donors (Lipinski definition) is 2. The van der Waals surface area contributed by atoms with Gasteiger partial charge in [0, 0.05) is 6.42 Å². The molecule has 0 radical (unpaired) electrons. The maximum Gasteiger partial charge on any atom is 0.246 e. The van der Waals surface area contributed by atoms with Gasteiger partial charge in [-0.05, 0) is 49.1 Å². The molecule has 2 amide bonds. The van der Waals surface area contributed by atoms with E-state index in [0.717, 1.165) is 23.5 Å². The summed E-state index contributed by atoms with van der Waals surface area (Å²) in [4.78, 5) is 27.7. The zero-order valence-electron chi connectivity index (χ0n) is 21.7. The Morgan fingerprint density at radius 2 is 1.81 bits per heavy atom. The number of nitrogens with zero attached hydrogens (tertiary/aromatic N) is 1. The molecule has 2 aromatic carbocycles. The Labute approximate surface area is 214 Å². The third-order valence-electron chi connectivity index (χ3n) is 6.32. The second-order valence-electron chi connectivity index (χ2n) is 9.57. The smallest absolute Gasteiger partial charge is 0.246 e. The summed E-state index contributed by atoms with van der Waals surface area (Å²) in [6, 6.07) is 16.1. The van der Waals surface area contributed by atoms with Gasteiger partial charge in [0.05, 0.1) is 18.6 Å². The number of ether oxygens (including phenoxy) is 2. The average molecular weight is 494 g/mol. The van der Waals surface area contributed by atoms with Gasteiger partial charge in [-0.25, -0.2) is 0 Å². The fourth-order valence-electron chi connectivity index (χ4n) is 4.30. The molecule has 0 aromatic heterocycles. The minimum absolute atomic E-state index is 0.0900. The number of likely N-dealkylation sites (tertiary alicyclic amines) is 1. The van der Waals surface area contributed by atoms with Crippen LogP contribution in [0.25, 0.3) is 0 Å². The maximum atomic E-state index is 13.6. The second-order valence-corrected chi connectivity index (χ2v) is 9.57. The van der Waals surface area contributed by atoms with E-state index in [1.807, 2.05) is 74.5 Å². The van der Waals surface area contributed by atoms with Crippen molar-refractivity contribution in [2.24, 2.45) is 11.7 Å². The van der Waals surface area contributed by atoms with E-state index >= 15 is 0 Å². The number of benzene rings is 2. The van der Waals surface area contributed by atoms with Crippen LogP contribution < -0.4 is 20.5 Å². The number of carbonyl (C=O) groups is 2. The molecule has 1 aliphatic heterocycles. The molecule has 0 aliphatic carbocycles. The lowest BCUT2D eigenvalue weighted by molar-refractivity contribution is -0.138. The number of carbonyl (C=O) groups excluding carboxylic acids is 2. The summed E-state index contributed by atoms with van der Waals surface area (Å²) in [5.41, 5.74) is 6.90. The molecule has 0 saturated carbocycles. The van der Waals surface area contributed by atoms with Crippen LogP contribution in [0.15, 0.2) is 66.7 Å². The van der Waals surface area contributed by atoms with Gasteiger partial charge < -0.3 is 25.4 Å². The van der Waals surface area contributed by atoms with E-state index in [2.05, 4.69) is 18.3 Å². The molecule has 7 heteroatoms. The molecule has 1 fully saturated rings. The number of aryl methyl sites for hydroxylation is 1. The summed E-state index contributed by atoms with van der Waals surface area (Å²) in [6.45, 7) is 8.37. The topological polar surface area (TPSA) is 93.9 Å². The van der Waals surface area contributed by atoms with E-state index in [0.29, 0.717) is 19.6 Å². The lowest BCUT2D eigenvalue weighted by atomic mass is 10.0. The Bertz CT molecular complexity index is 1020. The highest BCUT2D eigenvalue weighted by Crippen LogP contribution is 2.26. The quantitative estimate of drug-likeness (QED) is 0.466. The van der Waals surface area contributed by atoms with Crippen LogP contribution in [-0.4, -0.2) is 54.1 Å². The first-order valence-corrected chi connectivity index (χ1v) is 12.8. The molecule has 1 aliphatic rings. The summed E-state index contributed by atoms with van der Waals surface area (Å²) in [5.74, 6) is 1.07. The first-order valence-electron chi connectivity index (χ1n) is 12.8. The van der Waals surface area contributed by atoms with E-state index in [-0.39, 0.29) is 29.9 Å². The van der Waals surface area contributed by atoms with Gasteiger partial charge >= 0.3 is 0 Å². The van der Waals surface area contributed by atoms with Gasteiger partial charge in [-0.2, -0.15) is 0 Å². The Morgan fingerprint density at radius 3 is 2.47 bits per heavy atom. The van der Waals surface area contributed by atoms with Gasteiger partial charge in [0.2, 0.25) is 11.8 Å². The van der Waals surface area contributed by atoms with Crippen molar-refractivity contribution in [1.29, 1.82) is 0 Å². The molecule has 194 valence electrons. The van der Waals surface area contributed by atoms with Crippen molar-refractivity contribution in [3.05, 3.63) is 72.3 Å². The molecule has 4 atom stereocenters. The second kappa shape index (κ2) is 13.1. The zero-order valence-corrected chi connectivity index (χ0v) is 21.7. The van der Waals surface area contributed by atoms with E-state index in [1.165, 1.54) is 0 Å². The Balaban J connectivity index is 1.74. The van der Waals surface area contributed by atoms with Gasteiger partial charge in [0.25, 0.3) is 0 Å². The summed E-state index contributed by atoms with van der Waals surface area (Å²) in [5, 5.41) is 2.83. The first kappa shape index (κ1) is 27.3. The largest absolute Gasteiger partial charge is 0.489 e. The minimum atomic E-state index is -0.689. The Hall–Kier alpha value is -3.32. The Kier molecular flexibility index (Phi) is 9.94. The summed E-state index contributed by atoms with van der Waals surface area (Å²) >= 11 is 0. The van der Waals surface area contributed by atoms with Crippen LogP contribution in [0.1, 0.15) is 39.7 Å². The van der Waals surface area contributed by atoms with Crippen LogP contribution >= 0.6 is 0 Å². The number of nitrogens with one attached hydrogen (secondary N) is 1. The number of hydrogen-bond acceptors (Lipinski definition) is 5. The van der Waals surface area contributed by atoms with Crippen molar-refractivity contribution in [1.82, 2.24) is 10.2 Å². The third kappa shape index (κ3) is 7.34. The highest BCUT2D eigenvalue weighted by molar-refractivity contribution is 5.90. The summed E-state index contributed by atoms with van der Waals surface area (Å²) < 4.78 is 12.2. The normalized spacial score (nSPS) is 19.3. The van der Waals surface area contributed by atoms with E-state index in [4.69, 9.17) is 15.2 Å². The van der Waals surface area contributed by atoms with E-state index < -0.39 is 12.1 Å². The number of rotatable bonds is 11.